The first kappa shape index (κ1) is 13.4. The SMILES string of the molecule is CN(CCO)C(=O)c1cc(Cl)cc([N+](=O)[O-])c1. The van der Waals surface area contributed by atoms with Crippen molar-refractivity contribution >= 4 is 23.2 Å². The van der Waals surface area contributed by atoms with Crippen molar-refractivity contribution in [3.05, 3.63) is 38.9 Å². The molecule has 0 bridgehead atoms. The number of likely N-dealkylation sites (N-methyl/N-ethyl adjacent to an activating group) is 1. The lowest BCUT2D eigenvalue weighted by Crippen LogP contribution is -2.29. The highest BCUT2D eigenvalue weighted by atomic mass is 35.5. The Bertz CT molecular complexity index is 450. The van der Waals surface area contributed by atoms with Crippen LogP contribution in [0.15, 0.2) is 18.2 Å². The number of amides is 1. The van der Waals surface area contributed by atoms with Gasteiger partial charge in [-0.25, -0.2) is 0 Å². The smallest absolute Gasteiger partial charge is 0.271 e. The van der Waals surface area contributed by atoms with Crippen molar-refractivity contribution in [1.82, 2.24) is 4.90 Å². The normalized spacial score (nSPS) is 10.1. The summed E-state index contributed by atoms with van der Waals surface area (Å²) in [6.07, 6.45) is 0. The molecule has 0 aromatic heterocycles. The highest BCUT2D eigenvalue weighted by Crippen LogP contribution is 2.21. The van der Waals surface area contributed by atoms with E-state index >= 15 is 0 Å². The van der Waals surface area contributed by atoms with Gasteiger partial charge in [0.05, 0.1) is 11.5 Å². The standard InChI is InChI=1S/C10H11ClN2O4/c1-12(2-3-14)10(15)7-4-8(11)6-9(5-7)13(16)17/h4-6,14H,2-3H2,1H3. The summed E-state index contributed by atoms with van der Waals surface area (Å²) >= 11 is 5.70. The highest BCUT2D eigenvalue weighted by molar-refractivity contribution is 6.31. The molecule has 0 aliphatic rings. The number of halogens is 1. The largest absolute Gasteiger partial charge is 0.395 e. The minimum Gasteiger partial charge on any atom is -0.395 e. The molecule has 0 aliphatic carbocycles. The van der Waals surface area contributed by atoms with Crippen LogP contribution in [0.5, 0.6) is 0 Å². The van der Waals surface area contributed by atoms with Gasteiger partial charge in [-0.05, 0) is 6.07 Å². The van der Waals surface area contributed by atoms with E-state index in [9.17, 15) is 14.9 Å². The minimum absolute atomic E-state index is 0.125. The number of nitro groups is 1. The van der Waals surface area contributed by atoms with Crippen molar-refractivity contribution in [3.8, 4) is 0 Å². The van der Waals surface area contributed by atoms with Crippen molar-refractivity contribution in [2.24, 2.45) is 0 Å². The predicted octanol–water partition coefficient (Wildman–Crippen LogP) is 1.31. The molecular formula is C10H11ClN2O4. The van der Waals surface area contributed by atoms with Crippen molar-refractivity contribution < 1.29 is 14.8 Å². The fraction of sp³-hybridized carbons (Fsp3) is 0.300. The summed E-state index contributed by atoms with van der Waals surface area (Å²) < 4.78 is 0. The number of nitrogens with zero attached hydrogens (tertiary/aromatic N) is 2. The summed E-state index contributed by atoms with van der Waals surface area (Å²) in [4.78, 5) is 23.0. The van der Waals surface area contributed by atoms with Gasteiger partial charge in [0.15, 0.2) is 0 Å². The minimum atomic E-state index is -0.616. The fourth-order valence-electron chi connectivity index (χ4n) is 1.27. The summed E-state index contributed by atoms with van der Waals surface area (Å²) in [6.45, 7) is -0.0238. The first-order chi connectivity index (χ1) is 7.95. The average Bonchev–Trinajstić information content (AvgIpc) is 2.27. The van der Waals surface area contributed by atoms with Gasteiger partial charge in [0.25, 0.3) is 11.6 Å². The quantitative estimate of drug-likeness (QED) is 0.652. The van der Waals surface area contributed by atoms with Gasteiger partial charge in [-0.15, -0.1) is 0 Å². The van der Waals surface area contributed by atoms with E-state index < -0.39 is 10.8 Å². The molecule has 0 heterocycles. The number of nitro benzene ring substituents is 1. The van der Waals surface area contributed by atoms with Crippen LogP contribution in [0.2, 0.25) is 5.02 Å². The predicted molar refractivity (Wildman–Crippen MR) is 62.2 cm³/mol. The number of carbonyl (C=O) groups is 1. The molecule has 0 fully saturated rings. The number of hydrogen-bond donors (Lipinski definition) is 1. The number of rotatable bonds is 4. The summed E-state index contributed by atoms with van der Waals surface area (Å²) in [5, 5.41) is 19.4. The Labute approximate surface area is 103 Å². The van der Waals surface area contributed by atoms with Gasteiger partial charge in [-0.3, -0.25) is 14.9 Å². The van der Waals surface area contributed by atoms with Crippen LogP contribution in [0.4, 0.5) is 5.69 Å². The number of benzene rings is 1. The Kier molecular flexibility index (Phi) is 4.42. The fourth-order valence-corrected chi connectivity index (χ4v) is 1.50. The van der Waals surface area contributed by atoms with Crippen LogP contribution >= 0.6 is 11.6 Å². The van der Waals surface area contributed by atoms with Crippen molar-refractivity contribution in [1.29, 1.82) is 0 Å². The van der Waals surface area contributed by atoms with E-state index in [1.54, 1.807) is 0 Å². The molecule has 7 heteroatoms. The monoisotopic (exact) mass is 258 g/mol. The van der Waals surface area contributed by atoms with Gasteiger partial charge in [0, 0.05) is 36.3 Å². The summed E-state index contributed by atoms with van der Waals surface area (Å²) in [6, 6.07) is 3.68. The average molecular weight is 259 g/mol. The molecule has 0 spiro atoms. The van der Waals surface area contributed by atoms with Gasteiger partial charge in [0.1, 0.15) is 0 Å². The third-order valence-electron chi connectivity index (χ3n) is 2.12. The second-order valence-electron chi connectivity index (χ2n) is 3.41. The van der Waals surface area contributed by atoms with E-state index in [1.807, 2.05) is 0 Å². The molecule has 0 atom stereocenters. The molecule has 1 aromatic rings. The lowest BCUT2D eigenvalue weighted by molar-refractivity contribution is -0.384. The Morgan fingerprint density at radius 2 is 2.18 bits per heavy atom. The number of aliphatic hydroxyl groups excluding tert-OH is 1. The lowest BCUT2D eigenvalue weighted by Gasteiger charge is -2.15. The lowest BCUT2D eigenvalue weighted by atomic mass is 10.2. The topological polar surface area (TPSA) is 83.7 Å². The zero-order valence-corrected chi connectivity index (χ0v) is 9.85. The van der Waals surface area contributed by atoms with Gasteiger partial charge in [-0.1, -0.05) is 11.6 Å². The van der Waals surface area contributed by atoms with Crippen LogP contribution in [0.25, 0.3) is 0 Å². The summed E-state index contributed by atoms with van der Waals surface area (Å²) in [7, 11) is 1.49. The second kappa shape index (κ2) is 5.60. The van der Waals surface area contributed by atoms with Crippen LogP contribution in [-0.2, 0) is 0 Å². The van der Waals surface area contributed by atoms with E-state index in [0.29, 0.717) is 0 Å². The summed E-state index contributed by atoms with van der Waals surface area (Å²) in [5.41, 5.74) is -0.113. The molecule has 0 unspecified atom stereocenters. The maximum atomic E-state index is 11.8. The Morgan fingerprint density at radius 3 is 2.71 bits per heavy atom. The molecule has 92 valence electrons. The molecule has 6 nitrogen and oxygen atoms in total. The molecule has 17 heavy (non-hydrogen) atoms. The van der Waals surface area contributed by atoms with E-state index in [1.165, 1.54) is 24.1 Å². The molecule has 1 aromatic carbocycles. The molecule has 0 radical (unpaired) electrons. The Hall–Kier alpha value is -1.66. The molecule has 0 saturated carbocycles. The van der Waals surface area contributed by atoms with Gasteiger partial charge in [0.2, 0.25) is 0 Å². The van der Waals surface area contributed by atoms with Gasteiger partial charge >= 0.3 is 0 Å². The third kappa shape index (κ3) is 3.40. The third-order valence-corrected chi connectivity index (χ3v) is 2.34. The number of hydrogen-bond acceptors (Lipinski definition) is 4. The van der Waals surface area contributed by atoms with Crippen LogP contribution in [0.1, 0.15) is 10.4 Å². The second-order valence-corrected chi connectivity index (χ2v) is 3.84. The maximum absolute atomic E-state index is 11.8. The van der Waals surface area contributed by atoms with E-state index in [-0.39, 0.29) is 29.4 Å². The zero-order chi connectivity index (χ0) is 13.0. The van der Waals surface area contributed by atoms with Crippen LogP contribution in [0, 0.1) is 10.1 Å². The number of aliphatic hydroxyl groups is 1. The van der Waals surface area contributed by atoms with Crippen molar-refractivity contribution in [3.63, 3.8) is 0 Å². The summed E-state index contributed by atoms with van der Waals surface area (Å²) in [5.74, 6) is -0.426. The highest BCUT2D eigenvalue weighted by Gasteiger charge is 2.16. The zero-order valence-electron chi connectivity index (χ0n) is 9.09. The van der Waals surface area contributed by atoms with Crippen molar-refractivity contribution in [2.75, 3.05) is 20.2 Å². The van der Waals surface area contributed by atoms with Crippen molar-refractivity contribution in [2.45, 2.75) is 0 Å². The Morgan fingerprint density at radius 1 is 1.53 bits per heavy atom. The van der Waals surface area contributed by atoms with Gasteiger partial charge < -0.3 is 10.0 Å². The maximum Gasteiger partial charge on any atom is 0.271 e. The Balaban J connectivity index is 3.05. The van der Waals surface area contributed by atoms with Crippen LogP contribution in [0.3, 0.4) is 0 Å². The molecule has 1 amide bonds. The van der Waals surface area contributed by atoms with E-state index in [4.69, 9.17) is 16.7 Å². The molecule has 0 aliphatic heterocycles. The van der Waals surface area contributed by atoms with Gasteiger partial charge in [-0.2, -0.15) is 0 Å². The molecule has 1 N–H and O–H groups in total. The van der Waals surface area contributed by atoms with Crippen LogP contribution in [-0.4, -0.2) is 41.0 Å². The first-order valence-corrected chi connectivity index (χ1v) is 5.15. The number of non-ortho nitro benzene ring substituents is 1. The van der Waals surface area contributed by atoms with Crippen LogP contribution < -0.4 is 0 Å². The first-order valence-electron chi connectivity index (χ1n) is 4.77. The molecule has 0 saturated heterocycles. The number of carbonyl (C=O) groups excluding carboxylic acids is 1. The molecule has 1 rings (SSSR count). The molecular weight excluding hydrogens is 248 g/mol. The van der Waals surface area contributed by atoms with E-state index in [2.05, 4.69) is 0 Å². The van der Waals surface area contributed by atoms with E-state index in [0.717, 1.165) is 6.07 Å².